The van der Waals surface area contributed by atoms with E-state index in [0.717, 1.165) is 5.03 Å². The third kappa shape index (κ3) is 3.46. The lowest BCUT2D eigenvalue weighted by Gasteiger charge is -1.86. The second-order valence-corrected chi connectivity index (χ2v) is 1.89. The van der Waals surface area contributed by atoms with Gasteiger partial charge in [-0.05, 0) is 12.3 Å². The van der Waals surface area contributed by atoms with Crippen LogP contribution in [0.4, 0.5) is 0 Å². The van der Waals surface area contributed by atoms with E-state index in [1.807, 2.05) is 6.26 Å². The predicted octanol–water partition coefficient (Wildman–Crippen LogP) is 1.34. The maximum atomic E-state index is 5.34. The quantitative estimate of drug-likeness (QED) is 0.549. The first-order valence-corrected chi connectivity index (χ1v) is 3.16. The molecule has 0 atom stereocenters. The number of nitrogens with two attached hydrogens (primary N) is 1. The first-order valence-electron chi connectivity index (χ1n) is 1.93. The van der Waals surface area contributed by atoms with Gasteiger partial charge in [0.05, 0.1) is 5.03 Å². The molecule has 0 heterocycles. The van der Waals surface area contributed by atoms with Gasteiger partial charge in [0.2, 0.25) is 0 Å². The molecule has 0 saturated carbocycles. The van der Waals surface area contributed by atoms with Crippen LogP contribution < -0.4 is 5.73 Å². The number of hydrogen-bond donors (Lipinski definition) is 1. The van der Waals surface area contributed by atoms with E-state index in [1.165, 1.54) is 11.8 Å². The molecule has 0 spiro atoms. The second-order valence-electron chi connectivity index (χ2n) is 1.01. The fourth-order valence-corrected chi connectivity index (χ4v) is 0.417. The van der Waals surface area contributed by atoms with Crippen LogP contribution in [0.1, 0.15) is 0 Å². The average Bonchev–Trinajstić information content (AvgIpc) is 1.68. The summed E-state index contributed by atoms with van der Waals surface area (Å²) in [5.41, 5.74) is 5.34. The topological polar surface area (TPSA) is 26.0 Å². The number of hydrogen-bond acceptors (Lipinski definition) is 2. The molecule has 0 aromatic carbocycles. The van der Waals surface area contributed by atoms with Crippen molar-refractivity contribution in [2.75, 3.05) is 6.26 Å². The molecule has 2 N–H and O–H groups in total. The van der Waals surface area contributed by atoms with Gasteiger partial charge in [0, 0.05) is 0 Å². The van der Waals surface area contributed by atoms with Crippen LogP contribution in [0.25, 0.3) is 0 Å². The molecular weight excluding hydrogens is 106 g/mol. The highest BCUT2D eigenvalue weighted by atomic mass is 32.2. The summed E-state index contributed by atoms with van der Waals surface area (Å²) in [7, 11) is 0. The number of allylic oxidation sites excluding steroid dienone is 2. The van der Waals surface area contributed by atoms with E-state index < -0.39 is 0 Å². The average molecular weight is 115 g/mol. The van der Waals surface area contributed by atoms with Gasteiger partial charge in [0.1, 0.15) is 0 Å². The van der Waals surface area contributed by atoms with Crippen LogP contribution in [-0.2, 0) is 0 Å². The number of thioether (sulfide) groups is 1. The lowest BCUT2D eigenvalue weighted by atomic mass is 10.6. The lowest BCUT2D eigenvalue weighted by Crippen LogP contribution is -1.87. The van der Waals surface area contributed by atoms with E-state index in [4.69, 9.17) is 5.73 Å². The maximum absolute atomic E-state index is 5.34. The molecule has 2 heteroatoms. The van der Waals surface area contributed by atoms with Crippen molar-refractivity contribution < 1.29 is 0 Å². The van der Waals surface area contributed by atoms with Crippen LogP contribution in [0.15, 0.2) is 23.8 Å². The molecule has 0 aliphatic heterocycles. The summed E-state index contributed by atoms with van der Waals surface area (Å²) in [5, 5.41) is 0.801. The highest BCUT2D eigenvalue weighted by Crippen LogP contribution is 2.01. The van der Waals surface area contributed by atoms with Crippen LogP contribution in [-0.4, -0.2) is 6.26 Å². The summed E-state index contributed by atoms with van der Waals surface area (Å²) in [4.78, 5) is 0. The summed E-state index contributed by atoms with van der Waals surface area (Å²) in [6, 6.07) is 0. The van der Waals surface area contributed by atoms with Gasteiger partial charge in [-0.15, -0.1) is 11.8 Å². The molecule has 0 radical (unpaired) electrons. The zero-order chi connectivity index (χ0) is 5.70. The molecule has 0 amide bonds. The summed E-state index contributed by atoms with van der Waals surface area (Å²) < 4.78 is 0. The Kier molecular flexibility index (Phi) is 3.61. The minimum Gasteiger partial charge on any atom is -0.394 e. The zero-order valence-corrected chi connectivity index (χ0v) is 5.16. The van der Waals surface area contributed by atoms with Crippen molar-refractivity contribution in [2.24, 2.45) is 5.73 Å². The highest BCUT2D eigenvalue weighted by Gasteiger charge is 1.75. The predicted molar refractivity (Wildman–Crippen MR) is 36.0 cm³/mol. The molecule has 0 rings (SSSR count). The zero-order valence-electron chi connectivity index (χ0n) is 4.35. The highest BCUT2D eigenvalue weighted by molar-refractivity contribution is 8.02. The van der Waals surface area contributed by atoms with Crippen molar-refractivity contribution in [3.05, 3.63) is 23.8 Å². The molecule has 0 fully saturated rings. The van der Waals surface area contributed by atoms with Crippen molar-refractivity contribution in [1.29, 1.82) is 0 Å². The van der Waals surface area contributed by atoms with Crippen LogP contribution in [0.5, 0.6) is 0 Å². The van der Waals surface area contributed by atoms with Gasteiger partial charge in [-0.3, -0.25) is 0 Å². The lowest BCUT2D eigenvalue weighted by molar-refractivity contribution is 1.55. The Bertz CT molecular complexity index is 86.1. The van der Waals surface area contributed by atoms with Crippen LogP contribution >= 0.6 is 11.8 Å². The standard InChI is InChI=1S/C5H9NS/c1-3-4-5(6)7-2/h3-4H,1,6H2,2H3/b5-4-. The van der Waals surface area contributed by atoms with Gasteiger partial charge in [-0.25, -0.2) is 0 Å². The summed E-state index contributed by atoms with van der Waals surface area (Å²) in [6.45, 7) is 3.48. The van der Waals surface area contributed by atoms with E-state index in [9.17, 15) is 0 Å². The summed E-state index contributed by atoms with van der Waals surface area (Å²) >= 11 is 1.52. The monoisotopic (exact) mass is 115 g/mol. The molecule has 0 saturated heterocycles. The molecule has 0 aliphatic carbocycles. The first kappa shape index (κ1) is 6.63. The Balaban J connectivity index is 3.49. The Morgan fingerprint density at radius 1 is 1.86 bits per heavy atom. The SMILES string of the molecule is C=C/C=C(/N)SC. The van der Waals surface area contributed by atoms with Crippen LogP contribution in [0, 0.1) is 0 Å². The van der Waals surface area contributed by atoms with Crippen molar-refractivity contribution in [1.82, 2.24) is 0 Å². The molecule has 0 unspecified atom stereocenters. The van der Waals surface area contributed by atoms with Gasteiger partial charge in [0.25, 0.3) is 0 Å². The minimum atomic E-state index is 0.801. The van der Waals surface area contributed by atoms with E-state index in [2.05, 4.69) is 6.58 Å². The molecule has 0 bridgehead atoms. The Morgan fingerprint density at radius 3 is 2.57 bits per heavy atom. The van der Waals surface area contributed by atoms with Crippen LogP contribution in [0.2, 0.25) is 0 Å². The van der Waals surface area contributed by atoms with Crippen LogP contribution in [0.3, 0.4) is 0 Å². The van der Waals surface area contributed by atoms with Gasteiger partial charge < -0.3 is 5.73 Å². The molecule has 0 aromatic rings. The van der Waals surface area contributed by atoms with Gasteiger partial charge in [-0.2, -0.15) is 0 Å². The van der Waals surface area contributed by atoms with Crippen molar-refractivity contribution >= 4 is 11.8 Å². The Hall–Kier alpha value is -0.370. The van der Waals surface area contributed by atoms with E-state index in [-0.39, 0.29) is 0 Å². The number of rotatable bonds is 2. The first-order chi connectivity index (χ1) is 3.31. The van der Waals surface area contributed by atoms with Gasteiger partial charge in [0.15, 0.2) is 0 Å². The summed E-state index contributed by atoms with van der Waals surface area (Å²) in [5.74, 6) is 0. The fourth-order valence-electron chi connectivity index (χ4n) is 0.184. The summed E-state index contributed by atoms with van der Waals surface area (Å²) in [6.07, 6.45) is 5.37. The van der Waals surface area contributed by atoms with Crippen molar-refractivity contribution in [3.63, 3.8) is 0 Å². The van der Waals surface area contributed by atoms with Gasteiger partial charge in [-0.1, -0.05) is 12.7 Å². The molecule has 40 valence electrons. The smallest absolute Gasteiger partial charge is 0.0652 e. The molecule has 0 aromatic heterocycles. The van der Waals surface area contributed by atoms with Crippen molar-refractivity contribution in [3.8, 4) is 0 Å². The second kappa shape index (κ2) is 3.81. The largest absolute Gasteiger partial charge is 0.394 e. The Morgan fingerprint density at radius 2 is 2.43 bits per heavy atom. The normalized spacial score (nSPS) is 11.3. The fraction of sp³-hybridized carbons (Fsp3) is 0.200. The van der Waals surface area contributed by atoms with Gasteiger partial charge >= 0.3 is 0 Å². The van der Waals surface area contributed by atoms with Crippen molar-refractivity contribution in [2.45, 2.75) is 0 Å². The maximum Gasteiger partial charge on any atom is 0.0652 e. The van der Waals surface area contributed by atoms with E-state index in [1.54, 1.807) is 12.2 Å². The third-order valence-electron chi connectivity index (χ3n) is 0.518. The van der Waals surface area contributed by atoms with E-state index in [0.29, 0.717) is 0 Å². The van der Waals surface area contributed by atoms with E-state index >= 15 is 0 Å². The Labute approximate surface area is 48.3 Å². The minimum absolute atomic E-state index is 0.801. The molecule has 0 aliphatic rings. The molecular formula is C5H9NS. The molecule has 7 heavy (non-hydrogen) atoms. The third-order valence-corrected chi connectivity index (χ3v) is 1.13. The molecule has 1 nitrogen and oxygen atoms in total.